The highest BCUT2D eigenvalue weighted by Crippen LogP contribution is 2.66. The summed E-state index contributed by atoms with van der Waals surface area (Å²) in [4.78, 5) is 123. The average molecular weight is 1510 g/mol. The number of carboxylic acid groups (broad SMARTS) is 2. The molecule has 8 bridgehead atoms. The predicted octanol–water partition coefficient (Wildman–Crippen LogP) is 13.7. The Hall–Kier alpha value is -4.93. The van der Waals surface area contributed by atoms with E-state index in [2.05, 4.69) is 13.8 Å². The fourth-order valence-electron chi connectivity index (χ4n) is 24.9. The molecule has 604 valence electrons. The molecular formula is C85H132O22. The van der Waals surface area contributed by atoms with Crippen LogP contribution in [0.25, 0.3) is 0 Å². The van der Waals surface area contributed by atoms with Crippen LogP contribution in [0, 0.1) is 126 Å². The van der Waals surface area contributed by atoms with E-state index in [1.54, 1.807) is 76.3 Å². The number of rotatable bonds is 28. The minimum Gasteiger partial charge on any atom is -0.481 e. The van der Waals surface area contributed by atoms with E-state index >= 15 is 4.79 Å². The van der Waals surface area contributed by atoms with E-state index in [0.717, 1.165) is 38.0 Å². The molecule has 4 saturated heterocycles. The number of cyclic esters (lactones) is 2. The fraction of sp³-hybridized carbons (Fsp3) is 0.894. The van der Waals surface area contributed by atoms with Crippen molar-refractivity contribution in [2.45, 2.75) is 326 Å². The highest BCUT2D eigenvalue weighted by atomic mass is 16.6. The number of fused-ring (bicyclic) bond motifs is 17. The maximum Gasteiger partial charge on any atom is 0.312 e. The lowest BCUT2D eigenvalue weighted by Gasteiger charge is -2.51. The van der Waals surface area contributed by atoms with Crippen molar-refractivity contribution in [1.29, 1.82) is 0 Å². The molecule has 107 heavy (non-hydrogen) atoms. The summed E-state index contributed by atoms with van der Waals surface area (Å²) in [7, 11) is 1.56. The number of hydrogen-bond acceptors (Lipinski definition) is 20. The van der Waals surface area contributed by atoms with Gasteiger partial charge in [0.05, 0.1) is 87.4 Å². The summed E-state index contributed by atoms with van der Waals surface area (Å²) in [6.07, 6.45) is 9.40. The molecule has 4 heterocycles. The first-order valence-corrected chi connectivity index (χ1v) is 40.8. The number of carbonyl (C=O) groups excluding carboxylic acids is 7. The quantitative estimate of drug-likeness (QED) is 0.0484. The van der Waals surface area contributed by atoms with Crippen molar-refractivity contribution in [3.8, 4) is 0 Å². The average Bonchev–Trinajstić information content (AvgIpc) is 1.78. The lowest BCUT2D eigenvalue weighted by Crippen LogP contribution is -2.59. The second-order valence-corrected chi connectivity index (χ2v) is 41.7. The molecule has 13 fully saturated rings. The van der Waals surface area contributed by atoms with Crippen LogP contribution in [0.4, 0.5) is 0 Å². The van der Waals surface area contributed by atoms with Crippen LogP contribution in [0.2, 0.25) is 0 Å². The summed E-state index contributed by atoms with van der Waals surface area (Å²) < 4.78 is 60.9. The van der Waals surface area contributed by atoms with E-state index in [-0.39, 0.29) is 112 Å². The van der Waals surface area contributed by atoms with Gasteiger partial charge in [-0.1, -0.05) is 33.6 Å². The number of hydrogen-bond donors (Lipinski definition) is 3. The summed E-state index contributed by atoms with van der Waals surface area (Å²) in [6.45, 7) is 37.0. The Labute approximate surface area is 635 Å². The molecule has 13 rings (SSSR count). The summed E-state index contributed by atoms with van der Waals surface area (Å²) in [5.41, 5.74) is -12.5. The maximum absolute atomic E-state index is 15.0. The van der Waals surface area contributed by atoms with Crippen molar-refractivity contribution in [2.75, 3.05) is 26.9 Å². The molecule has 0 radical (unpaired) electrons. The molecule has 0 spiro atoms. The van der Waals surface area contributed by atoms with Crippen LogP contribution >= 0.6 is 0 Å². The van der Waals surface area contributed by atoms with Crippen molar-refractivity contribution in [2.24, 2.45) is 126 Å². The van der Waals surface area contributed by atoms with Gasteiger partial charge < -0.3 is 62.7 Å². The molecule has 4 aliphatic heterocycles. The predicted molar refractivity (Wildman–Crippen MR) is 392 cm³/mol. The van der Waals surface area contributed by atoms with Crippen molar-refractivity contribution < 1.29 is 106 Å². The van der Waals surface area contributed by atoms with Crippen LogP contribution in [0.3, 0.4) is 0 Å². The van der Waals surface area contributed by atoms with Crippen molar-refractivity contribution in [1.82, 2.24) is 0 Å². The van der Waals surface area contributed by atoms with Gasteiger partial charge in [0.15, 0.2) is 6.10 Å². The minimum absolute atomic E-state index is 0.0591. The molecule has 0 aromatic carbocycles. The molecule has 9 saturated carbocycles. The Bertz CT molecular complexity index is 3420. The monoisotopic (exact) mass is 1500 g/mol. The third kappa shape index (κ3) is 15.6. The van der Waals surface area contributed by atoms with Gasteiger partial charge in [0, 0.05) is 30.8 Å². The number of methoxy groups -OCH3 is 1. The molecule has 22 nitrogen and oxygen atoms in total. The number of aliphatic hydroxyl groups is 1. The van der Waals surface area contributed by atoms with Gasteiger partial charge in [0.25, 0.3) is 0 Å². The fourth-order valence-corrected chi connectivity index (χ4v) is 24.9. The highest BCUT2D eigenvalue weighted by Gasteiger charge is 2.69. The number of carboxylic acids is 2. The second kappa shape index (κ2) is 28.9. The van der Waals surface area contributed by atoms with Gasteiger partial charge in [0.1, 0.15) is 35.1 Å². The molecule has 28 atom stereocenters. The lowest BCUT2D eigenvalue weighted by atomic mass is 9.57. The zero-order chi connectivity index (χ0) is 79.1. The molecular weight excluding hydrogens is 1370 g/mol. The SMILES string of the molecule is CCC(C)(CC(C)(CC(C)(CC(C)(C)C(=O)OC1C(O)C2CCC1C1C(=O)OCC21)C(=O)OC1(C)CC2CC1C1CCCC21)C(=O)OC(C)(C)C)C(=O)O.CCC(C)(CC(C)(CC(C)(COC1(C)CC2CC1C1CCCC21)CC(C)(C)C(=O)OC1C(OC)C2OC1C1C(=O)OCC21)C(=O)OC(C)(C)C)C(=O)O. The number of carbonyl (C=O) groups is 9. The third-order valence-corrected chi connectivity index (χ3v) is 29.6. The van der Waals surface area contributed by atoms with Gasteiger partial charge in [-0.05, 0) is 286 Å². The number of ether oxygens (including phenoxy) is 10. The second-order valence-electron chi connectivity index (χ2n) is 41.7. The van der Waals surface area contributed by atoms with Crippen LogP contribution in [0.15, 0.2) is 0 Å². The van der Waals surface area contributed by atoms with Crippen molar-refractivity contribution in [3.05, 3.63) is 0 Å². The molecule has 0 aromatic heterocycles. The smallest absolute Gasteiger partial charge is 0.312 e. The van der Waals surface area contributed by atoms with E-state index in [1.807, 2.05) is 55.4 Å². The Morgan fingerprint density at radius 2 is 0.907 bits per heavy atom. The maximum atomic E-state index is 15.0. The van der Waals surface area contributed by atoms with Gasteiger partial charge in [0.2, 0.25) is 0 Å². The van der Waals surface area contributed by atoms with Crippen LogP contribution < -0.4 is 0 Å². The van der Waals surface area contributed by atoms with Crippen LogP contribution in [-0.2, 0) is 90.5 Å². The third-order valence-electron chi connectivity index (χ3n) is 29.6. The minimum atomic E-state index is -1.47. The standard InChI is InChI=1S/C43H66O11.C42H66O11/c1-11-40(7,34(46)47)21-42(9,36(49)53-38(2,3)4)22-41(8,37(50)54-43(10)18-23-17-29(43)25-14-12-13-24(23)25)20-39(5,6)35(48)52-32-27-16-15-26(31(32)44)28-19-51-33(45)30(27)28;1-12-40(8,34(44)45)21-41(9,36(47)53-37(2,3)4)20-39(7,22-50-42(10)17-23-16-27(42)25-15-13-14-24(23)25)19-38(5,6)35(46)52-32-30-28-26(18-49-33(28)43)29(51-30)31(32)48-11/h23-32,44H,11-22H2,1-10H3,(H,46,47);23-32H,12-22H2,1-11H3,(H,44,45). The topological polar surface area (TPSA) is 307 Å². The number of esters is 7. The van der Waals surface area contributed by atoms with Gasteiger partial charge in [-0.3, -0.25) is 43.2 Å². The molecule has 3 N–H and O–H groups in total. The molecule has 9 aliphatic carbocycles. The van der Waals surface area contributed by atoms with Gasteiger partial charge in [-0.25, -0.2) is 0 Å². The normalized spacial score (nSPS) is 38.9. The Balaban J connectivity index is 0.000000213. The van der Waals surface area contributed by atoms with E-state index in [9.17, 15) is 53.7 Å². The van der Waals surface area contributed by atoms with Crippen LogP contribution in [0.5, 0.6) is 0 Å². The van der Waals surface area contributed by atoms with Gasteiger partial charge >= 0.3 is 53.7 Å². The van der Waals surface area contributed by atoms with E-state index in [4.69, 9.17) is 47.4 Å². The zero-order valence-corrected chi connectivity index (χ0v) is 68.4. The largest absolute Gasteiger partial charge is 0.481 e. The number of aliphatic hydroxyl groups excluding tert-OH is 1. The highest BCUT2D eigenvalue weighted by molar-refractivity contribution is 5.85. The van der Waals surface area contributed by atoms with Gasteiger partial charge in [-0.2, -0.15) is 0 Å². The first-order valence-electron chi connectivity index (χ1n) is 40.8. The molecule has 22 heteroatoms. The van der Waals surface area contributed by atoms with E-state index < -0.39 is 150 Å². The molecule has 28 unspecified atom stereocenters. The summed E-state index contributed by atoms with van der Waals surface area (Å²) in [5.74, 6) is -2.52. The van der Waals surface area contributed by atoms with Crippen LogP contribution in [0.1, 0.15) is 267 Å². The van der Waals surface area contributed by atoms with Crippen LogP contribution in [-0.4, -0.2) is 155 Å². The summed E-state index contributed by atoms with van der Waals surface area (Å²) in [5, 5.41) is 32.2. The summed E-state index contributed by atoms with van der Waals surface area (Å²) in [6, 6.07) is 0. The zero-order valence-electron chi connectivity index (χ0n) is 68.4. The first-order chi connectivity index (χ1) is 49.4. The Morgan fingerprint density at radius 1 is 0.467 bits per heavy atom. The molecule has 0 aromatic rings. The molecule has 0 amide bonds. The Morgan fingerprint density at radius 3 is 1.41 bits per heavy atom. The number of aliphatic carboxylic acids is 2. The van der Waals surface area contributed by atoms with Crippen molar-refractivity contribution in [3.63, 3.8) is 0 Å². The lowest BCUT2D eigenvalue weighted by molar-refractivity contribution is -0.202. The summed E-state index contributed by atoms with van der Waals surface area (Å²) >= 11 is 0. The Kier molecular flexibility index (Phi) is 22.4. The van der Waals surface area contributed by atoms with E-state index in [1.165, 1.54) is 38.5 Å². The first kappa shape index (κ1) is 83.0. The molecule has 13 aliphatic rings. The van der Waals surface area contributed by atoms with Gasteiger partial charge in [-0.15, -0.1) is 0 Å². The van der Waals surface area contributed by atoms with Crippen molar-refractivity contribution >= 4 is 53.7 Å². The van der Waals surface area contributed by atoms with E-state index in [0.29, 0.717) is 48.3 Å².